The van der Waals surface area contributed by atoms with Gasteiger partial charge in [-0.2, -0.15) is 0 Å². The number of rotatable bonds is 4. The first-order valence-electron chi connectivity index (χ1n) is 7.55. The van der Waals surface area contributed by atoms with E-state index in [1.54, 1.807) is 6.92 Å². The number of aromatic nitrogens is 1. The van der Waals surface area contributed by atoms with E-state index < -0.39 is 11.3 Å². The average molecular weight is 364 g/mol. The molecule has 0 aliphatic heterocycles. The van der Waals surface area contributed by atoms with Crippen LogP contribution in [0.15, 0.2) is 40.1 Å². The highest BCUT2D eigenvalue weighted by Gasteiger charge is 2.21. The first kappa shape index (κ1) is 18.5. The number of thioether (sulfide) groups is 1. The van der Waals surface area contributed by atoms with Gasteiger partial charge < -0.3 is 5.32 Å². The van der Waals surface area contributed by atoms with Gasteiger partial charge in [-0.15, -0.1) is 11.3 Å². The van der Waals surface area contributed by atoms with E-state index in [-0.39, 0.29) is 11.4 Å². The van der Waals surface area contributed by atoms with Gasteiger partial charge >= 0.3 is 6.03 Å². The highest BCUT2D eigenvalue weighted by molar-refractivity contribution is 8.02. The molecule has 7 heteroatoms. The van der Waals surface area contributed by atoms with Crippen LogP contribution in [-0.2, 0) is 4.79 Å². The number of hydrogen-bond acceptors (Lipinski definition) is 5. The van der Waals surface area contributed by atoms with Crippen molar-refractivity contribution in [3.63, 3.8) is 0 Å². The Kier molecular flexibility index (Phi) is 6.01. The standard InChI is InChI=1S/C17H21N3O2S2/c1-11(14(21)19-15(22)20-17(2,3)4)24-16-18-13(10-23-16)12-8-6-5-7-9-12/h5-11H,1-4H3,(H2,19,20,21,22). The Labute approximate surface area is 150 Å². The third-order valence-corrected chi connectivity index (χ3v) is 5.00. The van der Waals surface area contributed by atoms with Crippen molar-refractivity contribution in [3.8, 4) is 11.3 Å². The van der Waals surface area contributed by atoms with Gasteiger partial charge in [-0.3, -0.25) is 10.1 Å². The van der Waals surface area contributed by atoms with Crippen molar-refractivity contribution < 1.29 is 9.59 Å². The maximum Gasteiger partial charge on any atom is 0.321 e. The van der Waals surface area contributed by atoms with Crippen LogP contribution in [0.2, 0.25) is 0 Å². The largest absolute Gasteiger partial charge is 0.333 e. The van der Waals surface area contributed by atoms with Crippen LogP contribution in [0.4, 0.5) is 4.79 Å². The van der Waals surface area contributed by atoms with E-state index in [1.807, 2.05) is 56.5 Å². The maximum atomic E-state index is 12.1. The van der Waals surface area contributed by atoms with Gasteiger partial charge in [0.15, 0.2) is 4.34 Å². The summed E-state index contributed by atoms with van der Waals surface area (Å²) in [4.78, 5) is 28.4. The number of urea groups is 1. The van der Waals surface area contributed by atoms with Crippen LogP contribution in [0, 0.1) is 0 Å². The summed E-state index contributed by atoms with van der Waals surface area (Å²) in [6.45, 7) is 7.33. The van der Waals surface area contributed by atoms with Crippen LogP contribution in [0.1, 0.15) is 27.7 Å². The lowest BCUT2D eigenvalue weighted by molar-refractivity contribution is -0.119. The second-order valence-electron chi connectivity index (χ2n) is 6.32. The van der Waals surface area contributed by atoms with Crippen LogP contribution in [0.3, 0.4) is 0 Å². The first-order valence-corrected chi connectivity index (χ1v) is 9.31. The van der Waals surface area contributed by atoms with E-state index in [1.165, 1.54) is 23.1 Å². The van der Waals surface area contributed by atoms with Crippen LogP contribution < -0.4 is 10.6 Å². The van der Waals surface area contributed by atoms with E-state index in [2.05, 4.69) is 15.6 Å². The molecule has 1 unspecified atom stereocenters. The first-order chi connectivity index (χ1) is 11.2. The summed E-state index contributed by atoms with van der Waals surface area (Å²) in [5, 5.41) is 6.62. The van der Waals surface area contributed by atoms with Gasteiger partial charge in [0.2, 0.25) is 5.91 Å². The van der Waals surface area contributed by atoms with Crippen molar-refractivity contribution in [2.24, 2.45) is 0 Å². The predicted molar refractivity (Wildman–Crippen MR) is 99.3 cm³/mol. The Bertz CT molecular complexity index is 708. The average Bonchev–Trinajstić information content (AvgIpc) is 2.94. The molecule has 5 nitrogen and oxygen atoms in total. The summed E-state index contributed by atoms with van der Waals surface area (Å²) in [5.41, 5.74) is 1.55. The van der Waals surface area contributed by atoms with Crippen LogP contribution in [-0.4, -0.2) is 27.7 Å². The summed E-state index contributed by atoms with van der Waals surface area (Å²) < 4.78 is 0.799. The molecule has 0 saturated carbocycles. The quantitative estimate of drug-likeness (QED) is 0.808. The topological polar surface area (TPSA) is 71.1 Å². The van der Waals surface area contributed by atoms with Gasteiger partial charge in [0, 0.05) is 16.5 Å². The molecule has 1 aromatic heterocycles. The smallest absolute Gasteiger partial charge is 0.321 e. The van der Waals surface area contributed by atoms with E-state index >= 15 is 0 Å². The van der Waals surface area contributed by atoms with Crippen molar-refractivity contribution in [1.29, 1.82) is 0 Å². The van der Waals surface area contributed by atoms with Crippen LogP contribution >= 0.6 is 23.1 Å². The lowest BCUT2D eigenvalue weighted by Crippen LogP contribution is -2.49. The molecular weight excluding hydrogens is 342 g/mol. The fourth-order valence-electron chi connectivity index (χ4n) is 1.84. The molecule has 0 aliphatic rings. The van der Waals surface area contributed by atoms with Gasteiger partial charge in [0.05, 0.1) is 10.9 Å². The summed E-state index contributed by atoms with van der Waals surface area (Å²) in [6.07, 6.45) is 0. The SMILES string of the molecule is CC(Sc1nc(-c2ccccc2)cs1)C(=O)NC(=O)NC(C)(C)C. The molecule has 1 heterocycles. The fourth-order valence-corrected chi connectivity index (χ4v) is 3.81. The molecule has 2 N–H and O–H groups in total. The number of carbonyl (C=O) groups is 2. The fraction of sp³-hybridized carbons (Fsp3) is 0.353. The van der Waals surface area contributed by atoms with E-state index in [0.717, 1.165) is 15.6 Å². The molecule has 0 bridgehead atoms. The lowest BCUT2D eigenvalue weighted by Gasteiger charge is -2.21. The molecule has 128 valence electrons. The molecular formula is C17H21N3O2S2. The van der Waals surface area contributed by atoms with E-state index in [4.69, 9.17) is 0 Å². The molecule has 2 rings (SSSR count). The van der Waals surface area contributed by atoms with Crippen molar-refractivity contribution >= 4 is 35.0 Å². The predicted octanol–water partition coefficient (Wildman–Crippen LogP) is 3.92. The van der Waals surface area contributed by atoms with Gasteiger partial charge in [0.25, 0.3) is 0 Å². The van der Waals surface area contributed by atoms with Crippen molar-refractivity contribution in [1.82, 2.24) is 15.6 Å². The monoisotopic (exact) mass is 363 g/mol. The summed E-state index contributed by atoms with van der Waals surface area (Å²) in [6, 6.07) is 9.40. The van der Waals surface area contributed by atoms with Gasteiger partial charge in [-0.25, -0.2) is 9.78 Å². The zero-order chi connectivity index (χ0) is 17.7. The molecule has 0 radical (unpaired) electrons. The number of amides is 3. The number of benzene rings is 1. The molecule has 0 saturated heterocycles. The molecule has 0 aliphatic carbocycles. The molecule has 1 aromatic carbocycles. The minimum absolute atomic E-state index is 0.335. The summed E-state index contributed by atoms with van der Waals surface area (Å²) >= 11 is 2.83. The number of thiazole rings is 1. The number of hydrogen-bond donors (Lipinski definition) is 2. The third-order valence-electron chi connectivity index (χ3n) is 2.92. The van der Waals surface area contributed by atoms with Crippen molar-refractivity contribution in [2.75, 3.05) is 0 Å². The molecule has 0 spiro atoms. The number of imide groups is 1. The van der Waals surface area contributed by atoms with E-state index in [0.29, 0.717) is 0 Å². The van der Waals surface area contributed by atoms with Crippen molar-refractivity contribution in [3.05, 3.63) is 35.7 Å². The molecule has 1 atom stereocenters. The third kappa shape index (κ3) is 5.65. The molecule has 3 amide bonds. The number of nitrogens with one attached hydrogen (secondary N) is 2. The zero-order valence-corrected chi connectivity index (χ0v) is 15.8. The normalized spacial score (nSPS) is 12.5. The Morgan fingerprint density at radius 3 is 2.50 bits per heavy atom. The second-order valence-corrected chi connectivity index (χ2v) is 8.76. The Hall–Kier alpha value is -1.86. The molecule has 24 heavy (non-hydrogen) atoms. The minimum Gasteiger partial charge on any atom is -0.333 e. The van der Waals surface area contributed by atoms with Gasteiger partial charge in [-0.05, 0) is 27.7 Å². The van der Waals surface area contributed by atoms with Gasteiger partial charge in [0.1, 0.15) is 0 Å². The summed E-state index contributed by atoms with van der Waals surface area (Å²) in [5.74, 6) is -0.335. The van der Waals surface area contributed by atoms with E-state index in [9.17, 15) is 9.59 Å². The number of nitrogens with zero attached hydrogens (tertiary/aromatic N) is 1. The Balaban J connectivity index is 1.92. The highest BCUT2D eigenvalue weighted by Crippen LogP contribution is 2.30. The Morgan fingerprint density at radius 2 is 1.88 bits per heavy atom. The highest BCUT2D eigenvalue weighted by atomic mass is 32.2. The lowest BCUT2D eigenvalue weighted by atomic mass is 10.1. The second kappa shape index (κ2) is 7.81. The zero-order valence-electron chi connectivity index (χ0n) is 14.1. The van der Waals surface area contributed by atoms with Crippen molar-refractivity contribution in [2.45, 2.75) is 42.8 Å². The number of carbonyl (C=O) groups excluding carboxylic acids is 2. The maximum absolute atomic E-state index is 12.1. The molecule has 0 fully saturated rings. The minimum atomic E-state index is -0.482. The van der Waals surface area contributed by atoms with Crippen LogP contribution in [0.25, 0.3) is 11.3 Å². The molecule has 2 aromatic rings. The Morgan fingerprint density at radius 1 is 1.21 bits per heavy atom. The van der Waals surface area contributed by atoms with Crippen LogP contribution in [0.5, 0.6) is 0 Å². The van der Waals surface area contributed by atoms with Gasteiger partial charge in [-0.1, -0.05) is 42.1 Å². The summed E-state index contributed by atoms with van der Waals surface area (Å²) in [7, 11) is 0.